The van der Waals surface area contributed by atoms with Gasteiger partial charge < -0.3 is 10.8 Å². The summed E-state index contributed by atoms with van der Waals surface area (Å²) in [5.41, 5.74) is 7.48. The minimum Gasteiger partial charge on any atom is -0.481 e. The highest BCUT2D eigenvalue weighted by molar-refractivity contribution is 7.98. The van der Waals surface area contributed by atoms with Gasteiger partial charge in [-0.2, -0.15) is 0 Å². The number of aliphatic carboxylic acids is 1. The fraction of sp³-hybridized carbons (Fsp3) is 0.300. The van der Waals surface area contributed by atoms with E-state index < -0.39 is 5.97 Å². The van der Waals surface area contributed by atoms with E-state index in [-0.39, 0.29) is 6.42 Å². The summed E-state index contributed by atoms with van der Waals surface area (Å²) in [6, 6.07) is 5.64. The van der Waals surface area contributed by atoms with E-state index in [2.05, 4.69) is 0 Å². The number of rotatable bonds is 4. The van der Waals surface area contributed by atoms with Crippen LogP contribution in [-0.2, 0) is 11.2 Å². The number of thioether (sulfide) groups is 1. The van der Waals surface area contributed by atoms with E-state index in [0.29, 0.717) is 6.42 Å². The van der Waals surface area contributed by atoms with Crippen LogP contribution in [0.1, 0.15) is 12.0 Å². The summed E-state index contributed by atoms with van der Waals surface area (Å²) in [6.45, 7) is 0. The summed E-state index contributed by atoms with van der Waals surface area (Å²) in [5, 5.41) is 8.53. The van der Waals surface area contributed by atoms with E-state index in [1.54, 1.807) is 11.8 Å². The molecule has 0 saturated heterocycles. The second-order valence-corrected chi connectivity index (χ2v) is 3.82. The molecular weight excluding hydrogens is 198 g/mol. The number of hydrogen-bond donors (Lipinski definition) is 2. The molecule has 3 nitrogen and oxygen atoms in total. The molecule has 4 heteroatoms. The third kappa shape index (κ3) is 2.96. The molecule has 14 heavy (non-hydrogen) atoms. The fourth-order valence-corrected chi connectivity index (χ4v) is 1.74. The summed E-state index contributed by atoms with van der Waals surface area (Å²) in [5.74, 6) is -0.771. The summed E-state index contributed by atoms with van der Waals surface area (Å²) in [7, 11) is 0. The lowest BCUT2D eigenvalue weighted by atomic mass is 10.1. The van der Waals surface area contributed by atoms with Gasteiger partial charge in [0.05, 0.1) is 0 Å². The van der Waals surface area contributed by atoms with Gasteiger partial charge in [-0.3, -0.25) is 4.79 Å². The van der Waals surface area contributed by atoms with E-state index in [1.807, 2.05) is 24.5 Å². The van der Waals surface area contributed by atoms with Crippen molar-refractivity contribution in [1.29, 1.82) is 0 Å². The lowest BCUT2D eigenvalue weighted by Crippen LogP contribution is -1.98. The second-order valence-electron chi connectivity index (χ2n) is 2.97. The van der Waals surface area contributed by atoms with Crippen molar-refractivity contribution in [2.75, 3.05) is 12.0 Å². The van der Waals surface area contributed by atoms with E-state index in [9.17, 15) is 4.79 Å². The molecule has 3 N–H and O–H groups in total. The van der Waals surface area contributed by atoms with Crippen molar-refractivity contribution in [3.05, 3.63) is 23.8 Å². The molecule has 1 rings (SSSR count). The number of anilines is 1. The third-order valence-electron chi connectivity index (χ3n) is 1.93. The molecule has 1 aromatic rings. The number of aryl methyl sites for hydroxylation is 1. The van der Waals surface area contributed by atoms with Gasteiger partial charge in [0.1, 0.15) is 0 Å². The molecule has 0 aliphatic carbocycles. The highest BCUT2D eigenvalue weighted by Gasteiger charge is 2.02. The van der Waals surface area contributed by atoms with Gasteiger partial charge in [-0.15, -0.1) is 11.8 Å². The monoisotopic (exact) mass is 211 g/mol. The third-order valence-corrected chi connectivity index (χ3v) is 2.72. The SMILES string of the molecule is CSc1cc(CCC(=O)O)ccc1N. The van der Waals surface area contributed by atoms with E-state index in [1.165, 1.54) is 0 Å². The normalized spacial score (nSPS) is 10.1. The van der Waals surface area contributed by atoms with Crippen LogP contribution in [0.25, 0.3) is 0 Å². The quantitative estimate of drug-likeness (QED) is 0.590. The fourth-order valence-electron chi connectivity index (χ4n) is 1.16. The molecule has 0 aliphatic rings. The molecule has 0 saturated carbocycles. The van der Waals surface area contributed by atoms with Gasteiger partial charge >= 0.3 is 5.97 Å². The highest BCUT2D eigenvalue weighted by Crippen LogP contribution is 2.24. The summed E-state index contributed by atoms with van der Waals surface area (Å²) >= 11 is 1.57. The van der Waals surface area contributed by atoms with Crippen LogP contribution >= 0.6 is 11.8 Å². The van der Waals surface area contributed by atoms with Gasteiger partial charge in [-0.1, -0.05) is 6.07 Å². The van der Waals surface area contributed by atoms with Crippen molar-refractivity contribution in [1.82, 2.24) is 0 Å². The van der Waals surface area contributed by atoms with Crippen LogP contribution in [0.2, 0.25) is 0 Å². The van der Waals surface area contributed by atoms with Crippen molar-refractivity contribution in [3.8, 4) is 0 Å². The van der Waals surface area contributed by atoms with Gasteiger partial charge in [0, 0.05) is 17.0 Å². The standard InChI is InChI=1S/C10H13NO2S/c1-14-9-6-7(2-4-8(9)11)3-5-10(12)13/h2,4,6H,3,5,11H2,1H3,(H,12,13). The Morgan fingerprint density at radius 1 is 1.57 bits per heavy atom. The minimum absolute atomic E-state index is 0.164. The Morgan fingerprint density at radius 2 is 2.29 bits per heavy atom. The number of nitrogen functional groups attached to an aromatic ring is 1. The average Bonchev–Trinajstić information content (AvgIpc) is 2.16. The van der Waals surface area contributed by atoms with Gasteiger partial charge in [0.15, 0.2) is 0 Å². The molecule has 0 fully saturated rings. The molecule has 0 unspecified atom stereocenters. The molecule has 0 amide bonds. The van der Waals surface area contributed by atoms with Crippen molar-refractivity contribution in [2.24, 2.45) is 0 Å². The predicted octanol–water partition coefficient (Wildman–Crippen LogP) is 2.01. The highest BCUT2D eigenvalue weighted by atomic mass is 32.2. The Labute approximate surface area is 87.3 Å². The topological polar surface area (TPSA) is 63.3 Å². The number of nitrogens with two attached hydrogens (primary N) is 1. The largest absolute Gasteiger partial charge is 0.481 e. The van der Waals surface area contributed by atoms with E-state index >= 15 is 0 Å². The Morgan fingerprint density at radius 3 is 2.86 bits per heavy atom. The van der Waals surface area contributed by atoms with Crippen LogP contribution in [0.15, 0.2) is 23.1 Å². The van der Waals surface area contributed by atoms with Crippen molar-refractivity contribution in [2.45, 2.75) is 17.7 Å². The molecule has 1 aromatic carbocycles. The van der Waals surface area contributed by atoms with Gasteiger partial charge in [0.2, 0.25) is 0 Å². The number of carboxylic acids is 1. The maximum atomic E-state index is 10.4. The zero-order chi connectivity index (χ0) is 10.6. The molecule has 0 bridgehead atoms. The van der Waals surface area contributed by atoms with Crippen molar-refractivity contribution >= 4 is 23.4 Å². The first-order valence-electron chi connectivity index (χ1n) is 4.27. The molecule has 0 aromatic heterocycles. The maximum Gasteiger partial charge on any atom is 0.303 e. The van der Waals surface area contributed by atoms with Crippen LogP contribution in [0.3, 0.4) is 0 Å². The van der Waals surface area contributed by atoms with Crippen molar-refractivity contribution in [3.63, 3.8) is 0 Å². The van der Waals surface area contributed by atoms with Gasteiger partial charge in [-0.25, -0.2) is 0 Å². The Balaban J connectivity index is 2.74. The zero-order valence-corrected chi connectivity index (χ0v) is 8.80. The van der Waals surface area contributed by atoms with Crippen molar-refractivity contribution < 1.29 is 9.90 Å². The van der Waals surface area contributed by atoms with Crippen LogP contribution in [0.5, 0.6) is 0 Å². The summed E-state index contributed by atoms with van der Waals surface area (Å²) < 4.78 is 0. The lowest BCUT2D eigenvalue weighted by Gasteiger charge is -2.05. The smallest absolute Gasteiger partial charge is 0.303 e. The number of benzene rings is 1. The van der Waals surface area contributed by atoms with Crippen LogP contribution in [0, 0.1) is 0 Å². The molecule has 0 spiro atoms. The number of carbonyl (C=O) groups is 1. The molecule has 0 radical (unpaired) electrons. The lowest BCUT2D eigenvalue weighted by molar-refractivity contribution is -0.136. The first kappa shape index (κ1) is 10.9. The number of carboxylic acid groups (broad SMARTS) is 1. The predicted molar refractivity (Wildman–Crippen MR) is 58.6 cm³/mol. The van der Waals surface area contributed by atoms with Crippen LogP contribution in [0.4, 0.5) is 5.69 Å². The first-order chi connectivity index (χ1) is 6.63. The van der Waals surface area contributed by atoms with Crippen LogP contribution in [-0.4, -0.2) is 17.3 Å². The molecule has 0 aliphatic heterocycles. The summed E-state index contributed by atoms with van der Waals surface area (Å²) in [4.78, 5) is 11.4. The Bertz CT molecular complexity index is 339. The molecule has 76 valence electrons. The first-order valence-corrected chi connectivity index (χ1v) is 5.50. The Kier molecular flexibility index (Phi) is 3.83. The molecular formula is C10H13NO2S. The zero-order valence-electron chi connectivity index (χ0n) is 7.99. The van der Waals surface area contributed by atoms with Crippen LogP contribution < -0.4 is 5.73 Å². The maximum absolute atomic E-state index is 10.4. The van der Waals surface area contributed by atoms with Gasteiger partial charge in [-0.05, 0) is 30.4 Å². The van der Waals surface area contributed by atoms with Gasteiger partial charge in [0.25, 0.3) is 0 Å². The molecule has 0 atom stereocenters. The Hall–Kier alpha value is -1.16. The second kappa shape index (κ2) is 4.91. The average molecular weight is 211 g/mol. The molecule has 0 heterocycles. The minimum atomic E-state index is -0.771. The van der Waals surface area contributed by atoms with E-state index in [4.69, 9.17) is 10.8 Å². The summed E-state index contributed by atoms with van der Waals surface area (Å²) in [6.07, 6.45) is 2.67. The number of hydrogen-bond acceptors (Lipinski definition) is 3. The van der Waals surface area contributed by atoms with E-state index in [0.717, 1.165) is 16.1 Å².